The minimum Gasteiger partial charge on any atom is -0.469 e. The summed E-state index contributed by atoms with van der Waals surface area (Å²) in [6.07, 6.45) is 1.94. The summed E-state index contributed by atoms with van der Waals surface area (Å²) in [6.45, 7) is 2.02. The van der Waals surface area contributed by atoms with E-state index in [9.17, 15) is 4.79 Å². The third-order valence-corrected chi connectivity index (χ3v) is 2.54. The van der Waals surface area contributed by atoms with E-state index in [-0.39, 0.29) is 12.4 Å². The Balaban J connectivity index is 2.52. The fourth-order valence-corrected chi connectivity index (χ4v) is 1.69. The highest BCUT2D eigenvalue weighted by molar-refractivity contribution is 5.88. The van der Waals surface area contributed by atoms with E-state index in [1.165, 1.54) is 7.11 Å². The van der Waals surface area contributed by atoms with E-state index in [1.54, 1.807) is 6.20 Å². The van der Waals surface area contributed by atoms with Crippen LogP contribution in [0, 0.1) is 6.92 Å². The van der Waals surface area contributed by atoms with Gasteiger partial charge in [0.05, 0.1) is 19.2 Å². The number of hydrogen-bond acceptors (Lipinski definition) is 3. The molecular formula is C13H13NO2. The second-order valence-electron chi connectivity index (χ2n) is 3.74. The molecule has 0 spiro atoms. The van der Waals surface area contributed by atoms with Gasteiger partial charge in [-0.1, -0.05) is 17.7 Å². The number of aromatic nitrogens is 1. The Labute approximate surface area is 94.1 Å². The van der Waals surface area contributed by atoms with Gasteiger partial charge in [0.2, 0.25) is 0 Å². The minimum atomic E-state index is -0.262. The van der Waals surface area contributed by atoms with Crippen LogP contribution in [0.15, 0.2) is 30.5 Å². The molecule has 0 aliphatic rings. The van der Waals surface area contributed by atoms with E-state index in [0.717, 1.165) is 22.0 Å². The Morgan fingerprint density at radius 2 is 2.19 bits per heavy atom. The first-order chi connectivity index (χ1) is 7.70. The molecule has 3 heteroatoms. The van der Waals surface area contributed by atoms with Gasteiger partial charge in [0.25, 0.3) is 0 Å². The summed E-state index contributed by atoms with van der Waals surface area (Å²) in [5.41, 5.74) is 1.93. The molecule has 1 aromatic carbocycles. The Kier molecular flexibility index (Phi) is 2.86. The van der Waals surface area contributed by atoms with Gasteiger partial charge in [-0.3, -0.25) is 9.78 Å². The Morgan fingerprint density at radius 1 is 1.38 bits per heavy atom. The SMILES string of the molecule is COC(=O)Cc1nccc2ccc(C)cc12. The molecule has 0 atom stereocenters. The van der Waals surface area contributed by atoms with Gasteiger partial charge in [0, 0.05) is 11.6 Å². The van der Waals surface area contributed by atoms with Crippen molar-refractivity contribution >= 4 is 16.7 Å². The lowest BCUT2D eigenvalue weighted by molar-refractivity contribution is -0.139. The highest BCUT2D eigenvalue weighted by Gasteiger charge is 2.08. The normalized spacial score (nSPS) is 10.4. The van der Waals surface area contributed by atoms with Gasteiger partial charge in [0.1, 0.15) is 0 Å². The molecular weight excluding hydrogens is 202 g/mol. The molecule has 0 radical (unpaired) electrons. The molecule has 0 aliphatic carbocycles. The van der Waals surface area contributed by atoms with Crippen molar-refractivity contribution in [3.05, 3.63) is 41.7 Å². The molecule has 0 unspecified atom stereocenters. The van der Waals surface area contributed by atoms with Gasteiger partial charge in [-0.2, -0.15) is 0 Å². The predicted molar refractivity (Wildman–Crippen MR) is 62.2 cm³/mol. The maximum atomic E-state index is 11.2. The number of fused-ring (bicyclic) bond motifs is 1. The number of carbonyl (C=O) groups is 1. The molecule has 16 heavy (non-hydrogen) atoms. The van der Waals surface area contributed by atoms with Gasteiger partial charge >= 0.3 is 5.97 Å². The number of hydrogen-bond donors (Lipinski definition) is 0. The molecule has 0 bridgehead atoms. The van der Waals surface area contributed by atoms with E-state index in [1.807, 2.05) is 31.2 Å². The van der Waals surface area contributed by atoms with Crippen LogP contribution >= 0.6 is 0 Å². The van der Waals surface area contributed by atoms with Crippen LogP contribution in [0.4, 0.5) is 0 Å². The van der Waals surface area contributed by atoms with Crippen LogP contribution in [0.25, 0.3) is 10.8 Å². The molecule has 82 valence electrons. The third kappa shape index (κ3) is 2.03. The maximum Gasteiger partial charge on any atom is 0.311 e. The van der Waals surface area contributed by atoms with E-state index in [4.69, 9.17) is 0 Å². The number of carbonyl (C=O) groups excluding carboxylic acids is 1. The molecule has 0 fully saturated rings. The van der Waals surface area contributed by atoms with Crippen LogP contribution in [0.2, 0.25) is 0 Å². The topological polar surface area (TPSA) is 39.2 Å². The van der Waals surface area contributed by atoms with E-state index >= 15 is 0 Å². The summed E-state index contributed by atoms with van der Waals surface area (Å²) >= 11 is 0. The molecule has 2 aromatic rings. The van der Waals surface area contributed by atoms with Crippen LogP contribution in [0.5, 0.6) is 0 Å². The molecule has 1 aromatic heterocycles. The highest BCUT2D eigenvalue weighted by atomic mass is 16.5. The smallest absolute Gasteiger partial charge is 0.311 e. The number of benzene rings is 1. The van der Waals surface area contributed by atoms with Crippen molar-refractivity contribution in [2.75, 3.05) is 7.11 Å². The quantitative estimate of drug-likeness (QED) is 0.721. The Bertz CT molecular complexity index is 534. The maximum absolute atomic E-state index is 11.2. The van der Waals surface area contributed by atoms with Crippen molar-refractivity contribution in [2.24, 2.45) is 0 Å². The fraction of sp³-hybridized carbons (Fsp3) is 0.231. The fourth-order valence-electron chi connectivity index (χ4n) is 1.69. The average molecular weight is 215 g/mol. The lowest BCUT2D eigenvalue weighted by atomic mass is 10.1. The number of nitrogens with zero attached hydrogens (tertiary/aromatic N) is 1. The summed E-state index contributed by atoms with van der Waals surface area (Å²) in [5.74, 6) is -0.262. The minimum absolute atomic E-state index is 0.220. The molecule has 2 rings (SSSR count). The largest absolute Gasteiger partial charge is 0.469 e. The first kappa shape index (κ1) is 10.6. The van der Waals surface area contributed by atoms with Gasteiger partial charge in [0.15, 0.2) is 0 Å². The second-order valence-corrected chi connectivity index (χ2v) is 3.74. The molecule has 0 amide bonds. The first-order valence-electron chi connectivity index (χ1n) is 5.12. The highest BCUT2D eigenvalue weighted by Crippen LogP contribution is 2.18. The monoisotopic (exact) mass is 215 g/mol. The number of aryl methyl sites for hydroxylation is 1. The summed E-state index contributed by atoms with van der Waals surface area (Å²) < 4.78 is 4.65. The first-order valence-corrected chi connectivity index (χ1v) is 5.12. The summed E-state index contributed by atoms with van der Waals surface area (Å²) in [5, 5.41) is 2.12. The zero-order valence-electron chi connectivity index (χ0n) is 9.36. The van der Waals surface area contributed by atoms with Crippen molar-refractivity contribution in [1.82, 2.24) is 4.98 Å². The van der Waals surface area contributed by atoms with Gasteiger partial charge < -0.3 is 4.74 Å². The molecule has 0 saturated carbocycles. The molecule has 0 N–H and O–H groups in total. The zero-order valence-corrected chi connectivity index (χ0v) is 9.36. The van der Waals surface area contributed by atoms with Crippen molar-refractivity contribution in [1.29, 1.82) is 0 Å². The van der Waals surface area contributed by atoms with Gasteiger partial charge in [-0.15, -0.1) is 0 Å². The summed E-state index contributed by atoms with van der Waals surface area (Å²) in [6, 6.07) is 8.06. The van der Waals surface area contributed by atoms with Gasteiger partial charge in [-0.25, -0.2) is 0 Å². The molecule has 0 aliphatic heterocycles. The zero-order chi connectivity index (χ0) is 11.5. The number of esters is 1. The van der Waals surface area contributed by atoms with Crippen LogP contribution in [-0.4, -0.2) is 18.1 Å². The van der Waals surface area contributed by atoms with Crippen molar-refractivity contribution < 1.29 is 9.53 Å². The van der Waals surface area contributed by atoms with Crippen LogP contribution in [0.3, 0.4) is 0 Å². The molecule has 1 heterocycles. The predicted octanol–water partition coefficient (Wildman–Crippen LogP) is 2.26. The Hall–Kier alpha value is -1.90. The van der Waals surface area contributed by atoms with Crippen LogP contribution in [-0.2, 0) is 16.0 Å². The lowest BCUT2D eigenvalue weighted by Gasteiger charge is -2.05. The van der Waals surface area contributed by atoms with Gasteiger partial charge in [-0.05, 0) is 24.4 Å². The van der Waals surface area contributed by atoms with E-state index < -0.39 is 0 Å². The van der Waals surface area contributed by atoms with Crippen LogP contribution < -0.4 is 0 Å². The third-order valence-electron chi connectivity index (χ3n) is 2.54. The average Bonchev–Trinajstić information content (AvgIpc) is 2.29. The van der Waals surface area contributed by atoms with E-state index in [2.05, 4.69) is 9.72 Å². The van der Waals surface area contributed by atoms with Crippen molar-refractivity contribution in [2.45, 2.75) is 13.3 Å². The number of rotatable bonds is 2. The molecule has 0 saturated heterocycles. The number of ether oxygens (including phenoxy) is 1. The summed E-state index contributed by atoms with van der Waals surface area (Å²) in [7, 11) is 1.39. The lowest BCUT2D eigenvalue weighted by Crippen LogP contribution is -2.06. The van der Waals surface area contributed by atoms with Crippen molar-refractivity contribution in [3.63, 3.8) is 0 Å². The van der Waals surface area contributed by atoms with Crippen molar-refractivity contribution in [3.8, 4) is 0 Å². The Morgan fingerprint density at radius 3 is 2.94 bits per heavy atom. The number of methoxy groups -OCH3 is 1. The summed E-state index contributed by atoms with van der Waals surface area (Å²) in [4.78, 5) is 15.5. The second kappa shape index (κ2) is 4.31. The molecule has 3 nitrogen and oxygen atoms in total. The number of pyridine rings is 1. The van der Waals surface area contributed by atoms with E-state index in [0.29, 0.717) is 0 Å². The standard InChI is InChI=1S/C13H13NO2/c1-9-3-4-10-5-6-14-12(11(10)7-9)8-13(15)16-2/h3-7H,8H2,1-2H3. The van der Waals surface area contributed by atoms with Crippen LogP contribution in [0.1, 0.15) is 11.3 Å².